The number of anilines is 1. The van der Waals surface area contributed by atoms with Crippen LogP contribution in [-0.4, -0.2) is 9.91 Å². The van der Waals surface area contributed by atoms with Crippen LogP contribution in [0.4, 0.5) is 20.4 Å². The molecule has 0 saturated carbocycles. The highest BCUT2D eigenvalue weighted by Crippen LogP contribution is 2.30. The van der Waals surface area contributed by atoms with Crippen LogP contribution in [0.1, 0.15) is 17.6 Å². The van der Waals surface area contributed by atoms with E-state index in [1.807, 2.05) is 0 Å². The van der Waals surface area contributed by atoms with E-state index in [0.717, 1.165) is 6.07 Å². The second-order valence-electron chi connectivity index (χ2n) is 2.84. The van der Waals surface area contributed by atoms with E-state index in [9.17, 15) is 18.9 Å². The molecule has 0 aromatic carbocycles. The summed E-state index contributed by atoms with van der Waals surface area (Å²) < 4.78 is 24.9. The molecule has 84 valence electrons. The van der Waals surface area contributed by atoms with Gasteiger partial charge in [-0.15, -0.1) is 0 Å². The molecule has 0 atom stereocenters. The first-order valence-electron chi connectivity index (χ1n) is 4.06. The van der Waals surface area contributed by atoms with Gasteiger partial charge in [0.15, 0.2) is 0 Å². The van der Waals surface area contributed by atoms with Crippen LogP contribution in [0.15, 0.2) is 6.07 Å². The fourth-order valence-electron chi connectivity index (χ4n) is 1.11. The molecule has 0 fully saturated rings. The molecule has 8 heteroatoms. The molecule has 1 rings (SSSR count). The van der Waals surface area contributed by atoms with Gasteiger partial charge < -0.3 is 15.8 Å². The first-order chi connectivity index (χ1) is 7.47. The predicted molar refractivity (Wildman–Crippen MR) is 49.6 cm³/mol. The van der Waals surface area contributed by atoms with Crippen molar-refractivity contribution in [1.82, 2.24) is 4.98 Å². The van der Waals surface area contributed by atoms with Crippen LogP contribution >= 0.6 is 0 Å². The number of hydrogen-bond donors (Lipinski definition) is 1. The van der Waals surface area contributed by atoms with Crippen molar-refractivity contribution >= 4 is 11.6 Å². The monoisotopic (exact) mass is 228 g/mol. The van der Waals surface area contributed by atoms with Crippen molar-refractivity contribution in [2.45, 2.75) is 12.8 Å². The molecule has 0 aliphatic rings. The Kier molecular flexibility index (Phi) is 3.30. The Bertz CT molecular complexity index is 470. The van der Waals surface area contributed by atoms with Crippen LogP contribution in [0.3, 0.4) is 0 Å². The second-order valence-corrected chi connectivity index (χ2v) is 2.84. The summed E-state index contributed by atoms with van der Waals surface area (Å²) in [5.41, 5.74) is 4.53. The average molecular weight is 228 g/mol. The molecule has 2 N–H and O–H groups in total. The van der Waals surface area contributed by atoms with Crippen LogP contribution in [0, 0.1) is 21.4 Å². The third-order valence-corrected chi connectivity index (χ3v) is 1.82. The van der Waals surface area contributed by atoms with Crippen molar-refractivity contribution in [3.63, 3.8) is 0 Å². The van der Waals surface area contributed by atoms with E-state index in [-0.39, 0.29) is 17.8 Å². The normalized spacial score (nSPS) is 10.1. The van der Waals surface area contributed by atoms with Crippen LogP contribution in [0.2, 0.25) is 0 Å². The fourth-order valence-corrected chi connectivity index (χ4v) is 1.11. The Morgan fingerprint density at radius 2 is 2.31 bits per heavy atom. The maximum absolute atomic E-state index is 12.5. The van der Waals surface area contributed by atoms with Crippen LogP contribution in [-0.2, 0) is 6.42 Å². The molecule has 0 bridgehead atoms. The first-order valence-corrected chi connectivity index (χ1v) is 4.06. The molecule has 1 aromatic rings. The standard InChI is InChI=1S/C8H6F2N4O2/c9-6(10)5-3-4(1-2-11)7(12)13-8(5)14(15)16/h3,6H,1H2,(H2,12,13). The van der Waals surface area contributed by atoms with Crippen molar-refractivity contribution < 1.29 is 13.7 Å². The Hall–Kier alpha value is -2.30. The second kappa shape index (κ2) is 4.48. The molecule has 0 unspecified atom stereocenters. The van der Waals surface area contributed by atoms with Gasteiger partial charge in [0.2, 0.25) is 5.82 Å². The van der Waals surface area contributed by atoms with E-state index in [1.54, 1.807) is 6.07 Å². The van der Waals surface area contributed by atoms with Crippen molar-refractivity contribution in [1.29, 1.82) is 5.26 Å². The lowest BCUT2D eigenvalue weighted by Crippen LogP contribution is -2.05. The number of pyridine rings is 1. The van der Waals surface area contributed by atoms with E-state index >= 15 is 0 Å². The number of aromatic nitrogens is 1. The topological polar surface area (TPSA) is 106 Å². The SMILES string of the molecule is N#CCc1cc(C(F)F)c([N+](=O)[O-])nc1N. The zero-order chi connectivity index (χ0) is 12.3. The number of nitriles is 1. The zero-order valence-corrected chi connectivity index (χ0v) is 7.85. The largest absolute Gasteiger partial charge is 0.374 e. The highest BCUT2D eigenvalue weighted by Gasteiger charge is 2.26. The minimum Gasteiger partial charge on any atom is -0.363 e. The molecule has 0 saturated heterocycles. The smallest absolute Gasteiger partial charge is 0.363 e. The molecule has 0 radical (unpaired) electrons. The number of rotatable bonds is 3. The summed E-state index contributed by atoms with van der Waals surface area (Å²) in [6, 6.07) is 2.55. The maximum Gasteiger partial charge on any atom is 0.374 e. The van der Waals surface area contributed by atoms with E-state index < -0.39 is 22.7 Å². The summed E-state index contributed by atoms with van der Waals surface area (Å²) in [7, 11) is 0. The molecule has 1 aromatic heterocycles. The van der Waals surface area contributed by atoms with Gasteiger partial charge in [0.05, 0.1) is 12.5 Å². The summed E-state index contributed by atoms with van der Waals surface area (Å²) in [6.45, 7) is 0. The summed E-state index contributed by atoms with van der Waals surface area (Å²) in [4.78, 5) is 12.7. The molecule has 0 spiro atoms. The Morgan fingerprint density at radius 1 is 1.69 bits per heavy atom. The van der Waals surface area contributed by atoms with Gasteiger partial charge in [0.25, 0.3) is 6.43 Å². The number of nitrogens with zero attached hydrogens (tertiary/aromatic N) is 3. The van der Waals surface area contributed by atoms with Crippen molar-refractivity contribution in [2.24, 2.45) is 0 Å². The fraction of sp³-hybridized carbons (Fsp3) is 0.250. The Balaban J connectivity index is 3.38. The van der Waals surface area contributed by atoms with Gasteiger partial charge in [-0.25, -0.2) is 8.78 Å². The predicted octanol–water partition coefficient (Wildman–Crippen LogP) is 1.58. The van der Waals surface area contributed by atoms with E-state index in [4.69, 9.17) is 11.0 Å². The molecule has 16 heavy (non-hydrogen) atoms. The summed E-state index contributed by atoms with van der Waals surface area (Å²) in [5.74, 6) is -1.26. The third-order valence-electron chi connectivity index (χ3n) is 1.82. The number of halogens is 2. The maximum atomic E-state index is 12.5. The summed E-state index contributed by atoms with van der Waals surface area (Å²) in [6.07, 6.45) is -3.26. The number of hydrogen-bond acceptors (Lipinski definition) is 5. The lowest BCUT2D eigenvalue weighted by atomic mass is 10.1. The first kappa shape index (κ1) is 11.8. The zero-order valence-electron chi connectivity index (χ0n) is 7.85. The van der Waals surface area contributed by atoms with Crippen molar-refractivity contribution in [3.8, 4) is 6.07 Å². The molecule has 0 amide bonds. The molecule has 6 nitrogen and oxygen atoms in total. The average Bonchev–Trinajstić information content (AvgIpc) is 2.20. The third kappa shape index (κ3) is 2.20. The molecular weight excluding hydrogens is 222 g/mol. The lowest BCUT2D eigenvalue weighted by molar-refractivity contribution is -0.390. The Morgan fingerprint density at radius 3 is 2.75 bits per heavy atom. The van der Waals surface area contributed by atoms with E-state index in [2.05, 4.69) is 4.98 Å². The molecule has 0 aliphatic carbocycles. The van der Waals surface area contributed by atoms with Gasteiger partial charge in [-0.05, 0) is 16.0 Å². The highest BCUT2D eigenvalue weighted by molar-refractivity contribution is 5.50. The molecular formula is C8H6F2N4O2. The van der Waals surface area contributed by atoms with E-state index in [0.29, 0.717) is 0 Å². The number of nitrogens with two attached hydrogens (primary N) is 1. The van der Waals surface area contributed by atoms with Gasteiger partial charge in [0, 0.05) is 5.56 Å². The summed E-state index contributed by atoms with van der Waals surface area (Å²) >= 11 is 0. The van der Waals surface area contributed by atoms with Gasteiger partial charge in [-0.1, -0.05) is 0 Å². The van der Waals surface area contributed by atoms with Crippen LogP contribution < -0.4 is 5.73 Å². The van der Waals surface area contributed by atoms with Crippen molar-refractivity contribution in [2.75, 3.05) is 5.73 Å². The lowest BCUT2D eigenvalue weighted by Gasteiger charge is -2.04. The van der Waals surface area contributed by atoms with Crippen LogP contribution in [0.5, 0.6) is 0 Å². The number of alkyl halides is 2. The Labute approximate surface area is 88.5 Å². The van der Waals surface area contributed by atoms with Gasteiger partial charge in [0.1, 0.15) is 5.56 Å². The molecule has 1 heterocycles. The van der Waals surface area contributed by atoms with Crippen molar-refractivity contribution in [3.05, 3.63) is 27.3 Å². The molecule has 0 aliphatic heterocycles. The van der Waals surface area contributed by atoms with Gasteiger partial charge >= 0.3 is 5.82 Å². The van der Waals surface area contributed by atoms with E-state index in [1.165, 1.54) is 0 Å². The number of nitrogen functional groups attached to an aromatic ring is 1. The van der Waals surface area contributed by atoms with Gasteiger partial charge in [-0.2, -0.15) is 5.26 Å². The summed E-state index contributed by atoms with van der Waals surface area (Å²) in [5, 5.41) is 18.8. The quantitative estimate of drug-likeness (QED) is 0.624. The van der Waals surface area contributed by atoms with Crippen LogP contribution in [0.25, 0.3) is 0 Å². The highest BCUT2D eigenvalue weighted by atomic mass is 19.3. The minimum atomic E-state index is -3.04. The minimum absolute atomic E-state index is 0.0587. The number of nitro groups is 1. The van der Waals surface area contributed by atoms with Gasteiger partial charge in [-0.3, -0.25) is 0 Å².